The van der Waals surface area contributed by atoms with E-state index in [1.54, 1.807) is 6.20 Å². The maximum atomic E-state index is 4.70. The predicted molar refractivity (Wildman–Crippen MR) is 81.9 cm³/mol. The summed E-state index contributed by atoms with van der Waals surface area (Å²) < 4.78 is 0. The maximum Gasteiger partial charge on any atom is 0.0694 e. The molecule has 0 saturated carbocycles. The minimum atomic E-state index is 0.922. The molecule has 2 aromatic heterocycles. The molecule has 2 nitrogen and oxygen atoms in total. The van der Waals surface area contributed by atoms with Crippen molar-refractivity contribution in [1.82, 2.24) is 4.98 Å². The Morgan fingerprint density at radius 3 is 2.95 bits per heavy atom. The molecule has 0 fully saturated rings. The van der Waals surface area contributed by atoms with Crippen molar-refractivity contribution in [2.45, 2.75) is 19.8 Å². The van der Waals surface area contributed by atoms with E-state index in [0.717, 1.165) is 30.7 Å². The van der Waals surface area contributed by atoms with Gasteiger partial charge in [-0.1, -0.05) is 0 Å². The van der Waals surface area contributed by atoms with E-state index in [1.807, 2.05) is 23.6 Å². The van der Waals surface area contributed by atoms with Gasteiger partial charge in [-0.3, -0.25) is 9.98 Å². The van der Waals surface area contributed by atoms with Gasteiger partial charge in [0.1, 0.15) is 0 Å². The zero-order valence-electron chi connectivity index (χ0n) is 11.0. The van der Waals surface area contributed by atoms with Crippen LogP contribution in [-0.4, -0.2) is 17.2 Å². The van der Waals surface area contributed by atoms with Crippen LogP contribution in [0.5, 0.6) is 0 Å². The predicted octanol–water partition coefficient (Wildman–Crippen LogP) is 4.12. The second-order valence-corrected chi connectivity index (χ2v) is 6.01. The van der Waals surface area contributed by atoms with E-state index >= 15 is 0 Å². The lowest BCUT2D eigenvalue weighted by Gasteiger charge is -2.15. The molecular weight excluding hydrogens is 252 g/mol. The van der Waals surface area contributed by atoms with Gasteiger partial charge in [-0.15, -0.1) is 11.3 Å². The van der Waals surface area contributed by atoms with E-state index < -0.39 is 0 Å². The average molecular weight is 268 g/mol. The van der Waals surface area contributed by atoms with Gasteiger partial charge in [0.2, 0.25) is 0 Å². The first-order valence-electron chi connectivity index (χ1n) is 6.55. The molecule has 96 valence electrons. The van der Waals surface area contributed by atoms with Crippen LogP contribution in [0, 0.1) is 6.92 Å². The second kappa shape index (κ2) is 5.49. The highest BCUT2D eigenvalue weighted by Crippen LogP contribution is 2.24. The van der Waals surface area contributed by atoms with Crippen molar-refractivity contribution in [3.63, 3.8) is 0 Å². The van der Waals surface area contributed by atoms with Crippen molar-refractivity contribution in [2.24, 2.45) is 4.99 Å². The highest BCUT2D eigenvalue weighted by atomic mass is 32.1. The summed E-state index contributed by atoms with van der Waals surface area (Å²) in [5.41, 5.74) is 3.58. The lowest BCUT2D eigenvalue weighted by molar-refractivity contribution is 0.818. The lowest BCUT2D eigenvalue weighted by Crippen LogP contribution is -2.11. The van der Waals surface area contributed by atoms with Crippen molar-refractivity contribution in [3.05, 3.63) is 57.6 Å². The highest BCUT2D eigenvalue weighted by Gasteiger charge is 2.14. The fraction of sp³-hybridized carbons (Fsp3) is 0.250. The number of aliphatic imine (C=N–C) groups is 1. The van der Waals surface area contributed by atoms with Crippen LogP contribution in [0.3, 0.4) is 0 Å². The van der Waals surface area contributed by atoms with Crippen molar-refractivity contribution in [3.8, 4) is 0 Å². The molecule has 0 saturated heterocycles. The van der Waals surface area contributed by atoms with E-state index in [-0.39, 0.29) is 0 Å². The molecule has 3 rings (SSSR count). The highest BCUT2D eigenvalue weighted by molar-refractivity contribution is 7.12. The van der Waals surface area contributed by atoms with Gasteiger partial charge in [0, 0.05) is 34.3 Å². The zero-order chi connectivity index (χ0) is 13.1. The second-order valence-electron chi connectivity index (χ2n) is 4.69. The molecular formula is C16H16N2S. The summed E-state index contributed by atoms with van der Waals surface area (Å²) in [5.74, 6) is 0. The molecule has 0 N–H and O–H groups in total. The first-order chi connectivity index (χ1) is 9.33. The Morgan fingerprint density at radius 1 is 1.26 bits per heavy atom. The molecule has 0 aromatic carbocycles. The van der Waals surface area contributed by atoms with Crippen molar-refractivity contribution < 1.29 is 0 Å². The van der Waals surface area contributed by atoms with Gasteiger partial charge in [0.25, 0.3) is 0 Å². The number of pyridine rings is 1. The van der Waals surface area contributed by atoms with Crippen LogP contribution < -0.4 is 0 Å². The minimum Gasteiger partial charge on any atom is -0.284 e. The zero-order valence-corrected chi connectivity index (χ0v) is 11.8. The fourth-order valence-corrected chi connectivity index (χ4v) is 3.15. The molecule has 0 bridgehead atoms. The van der Waals surface area contributed by atoms with Crippen LogP contribution >= 0.6 is 11.3 Å². The molecule has 0 radical (unpaired) electrons. The van der Waals surface area contributed by atoms with Gasteiger partial charge < -0.3 is 0 Å². The van der Waals surface area contributed by atoms with Gasteiger partial charge in [-0.25, -0.2) is 0 Å². The maximum absolute atomic E-state index is 4.70. The Balaban J connectivity index is 1.98. The number of hydrogen-bond donors (Lipinski definition) is 0. The number of allylic oxidation sites excluding steroid dienone is 1. The van der Waals surface area contributed by atoms with Gasteiger partial charge in [-0.05, 0) is 55.7 Å². The molecule has 1 aliphatic heterocycles. The third-order valence-electron chi connectivity index (χ3n) is 3.19. The van der Waals surface area contributed by atoms with E-state index in [9.17, 15) is 0 Å². The lowest BCUT2D eigenvalue weighted by atomic mass is 9.96. The van der Waals surface area contributed by atoms with E-state index in [4.69, 9.17) is 4.99 Å². The quantitative estimate of drug-likeness (QED) is 0.804. The molecule has 0 spiro atoms. The fourth-order valence-electron chi connectivity index (χ4n) is 2.30. The summed E-state index contributed by atoms with van der Waals surface area (Å²) in [7, 11) is 0. The van der Waals surface area contributed by atoms with Crippen LogP contribution in [0.4, 0.5) is 0 Å². The van der Waals surface area contributed by atoms with Gasteiger partial charge in [0.15, 0.2) is 0 Å². The minimum absolute atomic E-state index is 0.922. The molecule has 0 amide bonds. The molecule has 0 aliphatic carbocycles. The third-order valence-corrected chi connectivity index (χ3v) is 4.14. The third kappa shape index (κ3) is 2.82. The molecule has 2 aromatic rings. The van der Waals surface area contributed by atoms with Crippen LogP contribution in [0.15, 0.2) is 47.2 Å². The van der Waals surface area contributed by atoms with Crippen LogP contribution in [-0.2, 0) is 0 Å². The summed E-state index contributed by atoms with van der Waals surface area (Å²) in [5, 5.41) is 0. The Hall–Kier alpha value is -1.74. The van der Waals surface area contributed by atoms with Crippen LogP contribution in [0.25, 0.3) is 6.08 Å². The van der Waals surface area contributed by atoms with Crippen LogP contribution in [0.2, 0.25) is 0 Å². The number of hydrogen-bond acceptors (Lipinski definition) is 3. The molecule has 3 heteroatoms. The summed E-state index contributed by atoms with van der Waals surface area (Å²) in [6.07, 6.45) is 8.23. The van der Waals surface area contributed by atoms with Crippen molar-refractivity contribution in [1.29, 1.82) is 0 Å². The number of aryl methyl sites for hydroxylation is 1. The van der Waals surface area contributed by atoms with Crippen molar-refractivity contribution >= 4 is 23.1 Å². The Labute approximate surface area is 117 Å². The Bertz CT molecular complexity index is 623. The standard InChI is InChI=1S/C16H16N2S/c1-12-6-7-15(19-12)10-13-4-3-9-18-16(13)14-5-2-8-17-11-14/h2,5-8,10-11H,3-4,9H2,1H3/b13-10+. The average Bonchev–Trinajstić information content (AvgIpc) is 2.86. The number of nitrogens with zero attached hydrogens (tertiary/aromatic N) is 2. The number of rotatable bonds is 2. The molecule has 0 atom stereocenters. The Morgan fingerprint density at radius 2 is 2.21 bits per heavy atom. The topological polar surface area (TPSA) is 25.2 Å². The molecule has 3 heterocycles. The summed E-state index contributed by atoms with van der Waals surface area (Å²) in [6, 6.07) is 8.41. The summed E-state index contributed by atoms with van der Waals surface area (Å²) in [4.78, 5) is 11.6. The first-order valence-corrected chi connectivity index (χ1v) is 7.37. The number of thiophene rings is 1. The summed E-state index contributed by atoms with van der Waals surface area (Å²) in [6.45, 7) is 3.06. The van der Waals surface area contributed by atoms with Gasteiger partial charge >= 0.3 is 0 Å². The normalized spacial score (nSPS) is 17.5. The van der Waals surface area contributed by atoms with Crippen molar-refractivity contribution in [2.75, 3.05) is 6.54 Å². The van der Waals surface area contributed by atoms with Gasteiger partial charge in [-0.2, -0.15) is 0 Å². The monoisotopic (exact) mass is 268 g/mol. The summed E-state index contributed by atoms with van der Waals surface area (Å²) >= 11 is 1.83. The largest absolute Gasteiger partial charge is 0.284 e. The molecule has 19 heavy (non-hydrogen) atoms. The number of aromatic nitrogens is 1. The van der Waals surface area contributed by atoms with Crippen LogP contribution in [0.1, 0.15) is 28.2 Å². The SMILES string of the molecule is Cc1ccc(/C=C2\CCCN=C2c2cccnc2)s1. The Kier molecular flexibility index (Phi) is 3.56. The molecule has 1 aliphatic rings. The van der Waals surface area contributed by atoms with E-state index in [1.165, 1.54) is 15.3 Å². The van der Waals surface area contributed by atoms with E-state index in [0.29, 0.717) is 0 Å². The smallest absolute Gasteiger partial charge is 0.0694 e. The first kappa shape index (κ1) is 12.3. The van der Waals surface area contributed by atoms with Gasteiger partial charge in [0.05, 0.1) is 5.71 Å². The van der Waals surface area contributed by atoms with E-state index in [2.05, 4.69) is 36.2 Å². The molecule has 0 unspecified atom stereocenters.